The van der Waals surface area contributed by atoms with Crippen molar-refractivity contribution >= 4 is 5.91 Å². The van der Waals surface area contributed by atoms with Crippen molar-refractivity contribution < 1.29 is 28.2 Å². The van der Waals surface area contributed by atoms with Crippen LogP contribution in [0.4, 0.5) is 13.2 Å². The quantitative estimate of drug-likeness (QED) is 0.374. The number of benzene rings is 2. The monoisotopic (exact) mass is 530 g/mol. The van der Waals surface area contributed by atoms with Gasteiger partial charge < -0.3 is 25.0 Å². The van der Waals surface area contributed by atoms with E-state index >= 15 is 0 Å². The summed E-state index contributed by atoms with van der Waals surface area (Å²) in [5.41, 5.74) is -0.0153. The lowest BCUT2D eigenvalue weighted by Crippen LogP contribution is -2.48. The number of halogens is 3. The van der Waals surface area contributed by atoms with Crippen LogP contribution in [0.1, 0.15) is 31.3 Å². The molecule has 1 saturated heterocycles. The Kier molecular flexibility index (Phi) is 8.54. The topological polar surface area (TPSA) is 90.6 Å². The number of aliphatic hydroxyl groups excluding tert-OH is 2. The summed E-state index contributed by atoms with van der Waals surface area (Å²) in [6.07, 6.45) is 0.389. The Balaban J connectivity index is 1.89. The molecular formula is C28H33F3N4O3. The van der Waals surface area contributed by atoms with E-state index in [1.807, 2.05) is 30.3 Å². The van der Waals surface area contributed by atoms with Crippen molar-refractivity contribution in [1.82, 2.24) is 19.8 Å². The van der Waals surface area contributed by atoms with E-state index in [4.69, 9.17) is 0 Å². The Morgan fingerprint density at radius 2 is 1.92 bits per heavy atom. The van der Waals surface area contributed by atoms with E-state index < -0.39 is 47.7 Å². The van der Waals surface area contributed by atoms with Gasteiger partial charge in [0.2, 0.25) is 5.91 Å². The van der Waals surface area contributed by atoms with Gasteiger partial charge in [0.05, 0.1) is 18.3 Å². The Morgan fingerprint density at radius 3 is 2.55 bits per heavy atom. The van der Waals surface area contributed by atoms with Crippen LogP contribution in [0.15, 0.2) is 54.7 Å². The van der Waals surface area contributed by atoms with Crippen LogP contribution in [0.3, 0.4) is 0 Å². The Bertz CT molecular complexity index is 1250. The van der Waals surface area contributed by atoms with Gasteiger partial charge in [-0.3, -0.25) is 4.79 Å². The average molecular weight is 531 g/mol. The molecule has 1 aliphatic rings. The molecule has 3 aromatic rings. The van der Waals surface area contributed by atoms with Gasteiger partial charge in [0.1, 0.15) is 30.2 Å². The zero-order valence-corrected chi connectivity index (χ0v) is 21.4. The average Bonchev–Trinajstić information content (AvgIpc) is 3.50. The van der Waals surface area contributed by atoms with Crippen molar-refractivity contribution in [2.45, 2.75) is 32.6 Å². The van der Waals surface area contributed by atoms with Crippen molar-refractivity contribution in [3.63, 3.8) is 0 Å². The molecule has 0 spiro atoms. The van der Waals surface area contributed by atoms with E-state index in [0.29, 0.717) is 12.4 Å². The summed E-state index contributed by atoms with van der Waals surface area (Å²) in [6.45, 7) is 3.06. The standard InChI is InChI=1S/C28H33F3N4O3/c1-28(2,17-37)26(35(25(38)16-36)14-19-11-32-12-23(19)31)27-33-24(21-10-20(29)8-9-22(21)30)15-34(27)13-18-6-4-3-5-7-18/h3-10,15,19,23,26,32,36-37H,11-14,16-17H2,1-2H3. The number of carbonyl (C=O) groups excluding carboxylic acids is 1. The predicted octanol–water partition coefficient (Wildman–Crippen LogP) is 3.31. The summed E-state index contributed by atoms with van der Waals surface area (Å²) in [4.78, 5) is 19.2. The second-order valence-electron chi connectivity index (χ2n) is 10.4. The minimum absolute atomic E-state index is 0.0243. The molecule has 0 radical (unpaired) electrons. The second-order valence-corrected chi connectivity index (χ2v) is 10.4. The molecule has 204 valence electrons. The van der Waals surface area contributed by atoms with Crippen molar-refractivity contribution in [2.75, 3.05) is 32.8 Å². The van der Waals surface area contributed by atoms with Crippen molar-refractivity contribution in [2.24, 2.45) is 11.3 Å². The third-order valence-electron chi connectivity index (χ3n) is 7.06. The first-order valence-electron chi connectivity index (χ1n) is 12.6. The van der Waals surface area contributed by atoms with Crippen LogP contribution in [0.5, 0.6) is 0 Å². The predicted molar refractivity (Wildman–Crippen MR) is 137 cm³/mol. The Hall–Kier alpha value is -3.21. The lowest BCUT2D eigenvalue weighted by Gasteiger charge is -2.42. The number of nitrogens with zero attached hydrogens (tertiary/aromatic N) is 3. The molecule has 1 amide bonds. The van der Waals surface area contributed by atoms with Gasteiger partial charge in [0, 0.05) is 49.3 Å². The molecule has 2 aromatic carbocycles. The van der Waals surface area contributed by atoms with E-state index in [2.05, 4.69) is 10.3 Å². The summed E-state index contributed by atoms with van der Waals surface area (Å²) < 4.78 is 45.2. The maximum atomic E-state index is 14.8. The first-order chi connectivity index (χ1) is 18.1. The summed E-state index contributed by atoms with van der Waals surface area (Å²) in [6, 6.07) is 11.6. The van der Waals surface area contributed by atoms with Gasteiger partial charge in [-0.2, -0.15) is 0 Å². The van der Waals surface area contributed by atoms with E-state index in [0.717, 1.165) is 23.8 Å². The first-order valence-corrected chi connectivity index (χ1v) is 12.6. The smallest absolute Gasteiger partial charge is 0.248 e. The molecule has 4 rings (SSSR count). The highest BCUT2D eigenvalue weighted by molar-refractivity contribution is 5.78. The molecule has 7 nitrogen and oxygen atoms in total. The molecular weight excluding hydrogens is 497 g/mol. The number of amides is 1. The third kappa shape index (κ3) is 5.92. The number of hydrogen-bond donors (Lipinski definition) is 3. The lowest BCUT2D eigenvalue weighted by atomic mass is 9.82. The molecule has 3 unspecified atom stereocenters. The van der Waals surface area contributed by atoms with Crippen LogP contribution in [-0.4, -0.2) is 69.6 Å². The van der Waals surface area contributed by atoms with Gasteiger partial charge in [-0.1, -0.05) is 44.2 Å². The zero-order valence-electron chi connectivity index (χ0n) is 21.4. The van der Waals surface area contributed by atoms with Crippen molar-refractivity contribution in [3.05, 3.63) is 77.8 Å². The maximum absolute atomic E-state index is 14.8. The molecule has 3 atom stereocenters. The number of carbonyl (C=O) groups is 1. The molecule has 0 bridgehead atoms. The van der Waals surface area contributed by atoms with Gasteiger partial charge in [0.25, 0.3) is 0 Å². The van der Waals surface area contributed by atoms with Gasteiger partial charge in [-0.25, -0.2) is 18.2 Å². The first kappa shape index (κ1) is 27.8. The van der Waals surface area contributed by atoms with Crippen molar-refractivity contribution in [3.8, 4) is 11.3 Å². The zero-order chi connectivity index (χ0) is 27.4. The summed E-state index contributed by atoms with van der Waals surface area (Å²) in [5.74, 6) is -2.17. The van der Waals surface area contributed by atoms with Gasteiger partial charge >= 0.3 is 0 Å². The number of aliphatic hydroxyl groups is 2. The van der Waals surface area contributed by atoms with Gasteiger partial charge in [0.15, 0.2) is 0 Å². The highest BCUT2D eigenvalue weighted by Gasteiger charge is 2.43. The number of hydrogen-bond acceptors (Lipinski definition) is 5. The number of rotatable bonds is 10. The Morgan fingerprint density at radius 1 is 1.18 bits per heavy atom. The second kappa shape index (κ2) is 11.7. The summed E-state index contributed by atoms with van der Waals surface area (Å²) in [7, 11) is 0. The Labute approximate surface area is 219 Å². The summed E-state index contributed by atoms with van der Waals surface area (Å²) >= 11 is 0. The molecule has 1 aliphatic heterocycles. The maximum Gasteiger partial charge on any atom is 0.248 e. The molecule has 3 N–H and O–H groups in total. The fraction of sp³-hybridized carbons (Fsp3) is 0.429. The van der Waals surface area contributed by atoms with Crippen molar-refractivity contribution in [1.29, 1.82) is 0 Å². The van der Waals surface area contributed by atoms with Crippen LogP contribution in [0, 0.1) is 23.0 Å². The molecule has 0 saturated carbocycles. The van der Waals surface area contributed by atoms with Crippen LogP contribution in [-0.2, 0) is 11.3 Å². The molecule has 2 heterocycles. The highest BCUT2D eigenvalue weighted by atomic mass is 19.1. The molecule has 1 aromatic heterocycles. The molecule has 1 fully saturated rings. The fourth-order valence-electron chi connectivity index (χ4n) is 4.95. The highest BCUT2D eigenvalue weighted by Crippen LogP contribution is 2.40. The molecule has 10 heteroatoms. The third-order valence-corrected chi connectivity index (χ3v) is 7.06. The minimum atomic E-state index is -1.19. The van der Waals surface area contributed by atoms with Crippen LogP contribution < -0.4 is 5.32 Å². The number of alkyl halides is 1. The number of aromatic nitrogens is 2. The van der Waals surface area contributed by atoms with E-state index in [1.165, 1.54) is 4.90 Å². The summed E-state index contributed by atoms with van der Waals surface area (Å²) in [5, 5.41) is 23.2. The number of nitrogens with one attached hydrogen (secondary N) is 1. The lowest BCUT2D eigenvalue weighted by molar-refractivity contribution is -0.142. The SMILES string of the molecule is CC(C)(CO)C(c1nc(-c2cc(F)ccc2F)cn1Cc1ccccc1)N(CC1CNCC1F)C(=O)CO. The van der Waals surface area contributed by atoms with E-state index in [1.54, 1.807) is 24.6 Å². The van der Waals surface area contributed by atoms with Gasteiger partial charge in [-0.05, 0) is 23.8 Å². The van der Waals surface area contributed by atoms with Crippen LogP contribution in [0.25, 0.3) is 11.3 Å². The van der Waals surface area contributed by atoms with Gasteiger partial charge in [-0.15, -0.1) is 0 Å². The number of imidazole rings is 1. The minimum Gasteiger partial charge on any atom is -0.396 e. The largest absolute Gasteiger partial charge is 0.396 e. The van der Waals surface area contributed by atoms with Crippen LogP contribution >= 0.6 is 0 Å². The molecule has 38 heavy (non-hydrogen) atoms. The van der Waals surface area contributed by atoms with E-state index in [9.17, 15) is 28.2 Å². The molecule has 0 aliphatic carbocycles. The normalized spacial score (nSPS) is 18.5. The fourth-order valence-corrected chi connectivity index (χ4v) is 4.95. The van der Waals surface area contributed by atoms with E-state index in [-0.39, 0.29) is 37.5 Å². The van der Waals surface area contributed by atoms with Crippen LogP contribution in [0.2, 0.25) is 0 Å².